The van der Waals surface area contributed by atoms with Crippen LogP contribution in [0.4, 0.5) is 9.52 Å². The van der Waals surface area contributed by atoms with Gasteiger partial charge in [-0.2, -0.15) is 0 Å². The van der Waals surface area contributed by atoms with Gasteiger partial charge in [-0.15, -0.1) is 11.3 Å². The molecule has 1 aromatic heterocycles. The largest absolute Gasteiger partial charge is 0.302 e. The third-order valence-electron chi connectivity index (χ3n) is 3.99. The van der Waals surface area contributed by atoms with Crippen molar-refractivity contribution < 1.29 is 9.18 Å². The number of rotatable bonds is 4. The number of aryl methyl sites for hydroxylation is 3. The van der Waals surface area contributed by atoms with E-state index in [0.29, 0.717) is 10.7 Å². The van der Waals surface area contributed by atoms with Gasteiger partial charge in [-0.05, 0) is 43.5 Å². The van der Waals surface area contributed by atoms with E-state index in [1.54, 1.807) is 18.2 Å². The minimum atomic E-state index is -0.372. The molecule has 128 valence electrons. The Hall–Kier alpha value is -2.53. The van der Waals surface area contributed by atoms with Crippen molar-refractivity contribution in [3.05, 3.63) is 69.8 Å². The summed E-state index contributed by atoms with van der Waals surface area (Å²) in [6, 6.07) is 10.5. The molecule has 0 atom stereocenters. The third-order valence-corrected chi connectivity index (χ3v) is 4.75. The van der Waals surface area contributed by atoms with E-state index in [2.05, 4.69) is 43.2 Å². The van der Waals surface area contributed by atoms with E-state index in [1.807, 2.05) is 5.38 Å². The Bertz CT molecular complexity index is 910. The van der Waals surface area contributed by atoms with Gasteiger partial charge in [0.05, 0.1) is 12.1 Å². The number of nitrogens with zero attached hydrogens (tertiary/aromatic N) is 1. The number of benzene rings is 2. The summed E-state index contributed by atoms with van der Waals surface area (Å²) >= 11 is 1.37. The molecule has 0 unspecified atom stereocenters. The molecule has 1 amide bonds. The summed E-state index contributed by atoms with van der Waals surface area (Å²) in [5.41, 5.74) is 5.85. The molecule has 0 aliphatic carbocycles. The Labute approximate surface area is 150 Å². The molecule has 25 heavy (non-hydrogen) atoms. The van der Waals surface area contributed by atoms with Crippen molar-refractivity contribution in [3.8, 4) is 11.3 Å². The van der Waals surface area contributed by atoms with Crippen molar-refractivity contribution in [1.82, 2.24) is 4.98 Å². The quantitative estimate of drug-likeness (QED) is 0.712. The summed E-state index contributed by atoms with van der Waals surface area (Å²) in [7, 11) is 0. The molecule has 0 aliphatic heterocycles. The van der Waals surface area contributed by atoms with Crippen molar-refractivity contribution in [2.24, 2.45) is 0 Å². The van der Waals surface area contributed by atoms with Gasteiger partial charge in [0, 0.05) is 10.9 Å². The predicted octanol–water partition coefficient (Wildman–Crippen LogP) is 5.06. The monoisotopic (exact) mass is 354 g/mol. The first-order chi connectivity index (χ1) is 11.9. The molecule has 5 heteroatoms. The van der Waals surface area contributed by atoms with Crippen LogP contribution in [-0.2, 0) is 11.2 Å². The molecule has 3 aromatic rings. The zero-order valence-corrected chi connectivity index (χ0v) is 15.2. The maximum atomic E-state index is 13.6. The highest BCUT2D eigenvalue weighted by molar-refractivity contribution is 7.14. The lowest BCUT2D eigenvalue weighted by atomic mass is 9.98. The number of carbonyl (C=O) groups is 1. The number of thiazole rings is 1. The lowest BCUT2D eigenvalue weighted by Crippen LogP contribution is -2.15. The lowest BCUT2D eigenvalue weighted by molar-refractivity contribution is -0.115. The second-order valence-corrected chi connectivity index (χ2v) is 6.99. The fraction of sp³-hybridized carbons (Fsp3) is 0.200. The zero-order valence-electron chi connectivity index (χ0n) is 14.4. The molecule has 0 spiro atoms. The molecule has 3 nitrogen and oxygen atoms in total. The number of anilines is 1. The van der Waals surface area contributed by atoms with Gasteiger partial charge in [-0.1, -0.05) is 35.9 Å². The Morgan fingerprint density at radius 1 is 1.16 bits per heavy atom. The van der Waals surface area contributed by atoms with Gasteiger partial charge in [-0.25, -0.2) is 9.37 Å². The number of nitrogens with one attached hydrogen (secondary N) is 1. The smallest absolute Gasteiger partial charge is 0.230 e. The molecule has 1 N–H and O–H groups in total. The normalized spacial score (nSPS) is 10.7. The van der Waals surface area contributed by atoms with E-state index >= 15 is 0 Å². The molecule has 0 saturated carbocycles. The lowest BCUT2D eigenvalue weighted by Gasteiger charge is -2.08. The first-order valence-electron chi connectivity index (χ1n) is 8.01. The highest BCUT2D eigenvalue weighted by atomic mass is 32.1. The van der Waals surface area contributed by atoms with Crippen molar-refractivity contribution in [2.45, 2.75) is 27.2 Å². The summed E-state index contributed by atoms with van der Waals surface area (Å²) in [5.74, 6) is -0.647. The fourth-order valence-electron chi connectivity index (χ4n) is 3.01. The summed E-state index contributed by atoms with van der Waals surface area (Å²) in [6.07, 6.45) is -0.00975. The minimum absolute atomic E-state index is 0.00975. The first-order valence-corrected chi connectivity index (χ1v) is 8.89. The van der Waals surface area contributed by atoms with Crippen molar-refractivity contribution in [1.29, 1.82) is 0 Å². The molecule has 0 fully saturated rings. The van der Waals surface area contributed by atoms with Crippen LogP contribution in [0.25, 0.3) is 11.3 Å². The molecule has 0 aliphatic rings. The minimum Gasteiger partial charge on any atom is -0.302 e. The average molecular weight is 354 g/mol. The molecule has 1 heterocycles. The van der Waals surface area contributed by atoms with Gasteiger partial charge < -0.3 is 5.32 Å². The van der Waals surface area contributed by atoms with E-state index in [4.69, 9.17) is 0 Å². The standard InChI is InChI=1S/C20H19FN2OS/c1-12-8-13(2)19(14(3)9-12)17-11-25-20(22-17)23-18(24)10-15-6-4-5-7-16(15)21/h4-9,11H,10H2,1-3H3,(H,22,23,24). The van der Waals surface area contributed by atoms with Crippen LogP contribution in [0.1, 0.15) is 22.3 Å². The van der Waals surface area contributed by atoms with Crippen molar-refractivity contribution in [2.75, 3.05) is 5.32 Å². The zero-order chi connectivity index (χ0) is 18.0. The van der Waals surface area contributed by atoms with E-state index in [0.717, 1.165) is 22.4 Å². The second-order valence-electron chi connectivity index (χ2n) is 6.13. The van der Waals surface area contributed by atoms with Gasteiger partial charge in [0.1, 0.15) is 5.82 Å². The SMILES string of the molecule is Cc1cc(C)c(-c2csc(NC(=O)Cc3ccccc3F)n2)c(C)c1. The number of hydrogen-bond donors (Lipinski definition) is 1. The van der Waals surface area contributed by atoms with Crippen LogP contribution in [0.5, 0.6) is 0 Å². The molecule has 0 radical (unpaired) electrons. The van der Waals surface area contributed by atoms with E-state index in [1.165, 1.54) is 23.0 Å². The number of carbonyl (C=O) groups excluding carboxylic acids is 1. The Morgan fingerprint density at radius 2 is 1.84 bits per heavy atom. The van der Waals surface area contributed by atoms with Gasteiger partial charge in [0.2, 0.25) is 5.91 Å². The highest BCUT2D eigenvalue weighted by Gasteiger charge is 2.13. The molecule has 3 rings (SSSR count). The predicted molar refractivity (Wildman–Crippen MR) is 100 cm³/mol. The van der Waals surface area contributed by atoms with E-state index in [9.17, 15) is 9.18 Å². The fourth-order valence-corrected chi connectivity index (χ4v) is 3.73. The van der Waals surface area contributed by atoms with Crippen LogP contribution in [-0.4, -0.2) is 10.9 Å². The number of aromatic nitrogens is 1. The summed E-state index contributed by atoms with van der Waals surface area (Å²) in [6.45, 7) is 6.19. The number of halogens is 1. The third kappa shape index (κ3) is 3.94. The molecule has 2 aromatic carbocycles. The average Bonchev–Trinajstić information content (AvgIpc) is 2.96. The second kappa shape index (κ2) is 7.15. The maximum Gasteiger partial charge on any atom is 0.230 e. The van der Waals surface area contributed by atoms with Crippen molar-refractivity contribution in [3.63, 3.8) is 0 Å². The van der Waals surface area contributed by atoms with Crippen LogP contribution in [0.3, 0.4) is 0 Å². The molecule has 0 bridgehead atoms. The van der Waals surface area contributed by atoms with Crippen molar-refractivity contribution >= 4 is 22.4 Å². The first kappa shape index (κ1) is 17.3. The molecular weight excluding hydrogens is 335 g/mol. The number of hydrogen-bond acceptors (Lipinski definition) is 3. The van der Waals surface area contributed by atoms with Gasteiger partial charge in [0.25, 0.3) is 0 Å². The Morgan fingerprint density at radius 3 is 2.52 bits per heavy atom. The highest BCUT2D eigenvalue weighted by Crippen LogP contribution is 2.31. The van der Waals surface area contributed by atoms with E-state index < -0.39 is 0 Å². The van der Waals surface area contributed by atoms with Crippen LogP contribution in [0.2, 0.25) is 0 Å². The van der Waals surface area contributed by atoms with Gasteiger partial charge >= 0.3 is 0 Å². The van der Waals surface area contributed by atoms with Gasteiger partial charge in [0.15, 0.2) is 5.13 Å². The topological polar surface area (TPSA) is 42.0 Å². The Balaban J connectivity index is 1.76. The van der Waals surface area contributed by atoms with Crippen LogP contribution < -0.4 is 5.32 Å². The van der Waals surface area contributed by atoms with Crippen LogP contribution in [0.15, 0.2) is 41.8 Å². The number of amides is 1. The van der Waals surface area contributed by atoms with Crippen LogP contribution >= 0.6 is 11.3 Å². The van der Waals surface area contributed by atoms with E-state index in [-0.39, 0.29) is 18.1 Å². The van der Waals surface area contributed by atoms with Crippen LogP contribution in [0, 0.1) is 26.6 Å². The summed E-state index contributed by atoms with van der Waals surface area (Å²) in [5, 5.41) is 5.22. The maximum absolute atomic E-state index is 13.6. The van der Waals surface area contributed by atoms with Gasteiger partial charge in [-0.3, -0.25) is 4.79 Å². The summed E-state index contributed by atoms with van der Waals surface area (Å²) in [4.78, 5) is 16.7. The molecule has 0 saturated heterocycles. The molecular formula is C20H19FN2OS. The summed E-state index contributed by atoms with van der Waals surface area (Å²) < 4.78 is 13.6. The Kier molecular flexibility index (Phi) is 4.95.